The zero-order chi connectivity index (χ0) is 20.7. The van der Waals surface area contributed by atoms with Crippen molar-refractivity contribution in [1.29, 1.82) is 0 Å². The largest absolute Gasteiger partial charge is 0.362 e. The van der Waals surface area contributed by atoms with Gasteiger partial charge in [0.2, 0.25) is 5.91 Å². The maximum absolute atomic E-state index is 13.1. The van der Waals surface area contributed by atoms with Crippen molar-refractivity contribution in [3.63, 3.8) is 0 Å². The van der Waals surface area contributed by atoms with Gasteiger partial charge < -0.3 is 14.7 Å². The summed E-state index contributed by atoms with van der Waals surface area (Å²) in [6, 6.07) is 14.2. The summed E-state index contributed by atoms with van der Waals surface area (Å²) >= 11 is 0. The zero-order valence-electron chi connectivity index (χ0n) is 17.4. The van der Waals surface area contributed by atoms with Crippen molar-refractivity contribution in [3.8, 4) is 0 Å². The highest BCUT2D eigenvalue weighted by atomic mass is 16.5. The van der Waals surface area contributed by atoms with Crippen molar-refractivity contribution in [3.05, 3.63) is 70.7 Å². The first-order valence-electron chi connectivity index (χ1n) is 10.6. The van der Waals surface area contributed by atoms with Crippen molar-refractivity contribution in [2.75, 3.05) is 16.8 Å². The average molecular weight is 402 g/mol. The van der Waals surface area contributed by atoms with Crippen LogP contribution in [-0.2, 0) is 23.2 Å². The van der Waals surface area contributed by atoms with Crippen molar-refractivity contribution < 1.29 is 9.32 Å². The molecule has 1 aromatic carbocycles. The molecule has 0 atom stereocenters. The SMILES string of the molecule is Cc1cc(CN2CCCc3nc(NC(=O)C4(c5ccccc5)CC4)c(C)cc32)on1. The minimum atomic E-state index is -0.401. The first-order valence-corrected chi connectivity index (χ1v) is 10.6. The summed E-state index contributed by atoms with van der Waals surface area (Å²) in [7, 11) is 0. The van der Waals surface area contributed by atoms with Crippen LogP contribution in [0.1, 0.15) is 47.5 Å². The smallest absolute Gasteiger partial charge is 0.236 e. The molecular weight excluding hydrogens is 376 g/mol. The number of hydrogen-bond donors (Lipinski definition) is 1. The van der Waals surface area contributed by atoms with Crippen LogP contribution in [0.2, 0.25) is 0 Å². The van der Waals surface area contributed by atoms with Gasteiger partial charge in [-0.15, -0.1) is 0 Å². The second kappa shape index (κ2) is 7.27. The van der Waals surface area contributed by atoms with Crippen molar-refractivity contribution in [2.24, 2.45) is 0 Å². The Bertz CT molecular complexity index is 1090. The van der Waals surface area contributed by atoms with Gasteiger partial charge in [-0.2, -0.15) is 0 Å². The number of hydrogen-bond acceptors (Lipinski definition) is 5. The van der Waals surface area contributed by atoms with Crippen LogP contribution in [0.25, 0.3) is 0 Å². The van der Waals surface area contributed by atoms with E-state index in [9.17, 15) is 4.79 Å². The first-order chi connectivity index (χ1) is 14.5. The van der Waals surface area contributed by atoms with Gasteiger partial charge in [0.05, 0.1) is 29.0 Å². The van der Waals surface area contributed by atoms with E-state index >= 15 is 0 Å². The van der Waals surface area contributed by atoms with Crippen molar-refractivity contribution in [2.45, 2.75) is 51.5 Å². The number of carbonyl (C=O) groups is 1. The molecule has 6 heteroatoms. The van der Waals surface area contributed by atoms with E-state index in [4.69, 9.17) is 9.51 Å². The predicted octanol–water partition coefficient (Wildman–Crippen LogP) is 4.31. The molecule has 0 unspecified atom stereocenters. The number of rotatable bonds is 5. The third kappa shape index (κ3) is 3.36. The van der Waals surface area contributed by atoms with E-state index in [-0.39, 0.29) is 5.91 Å². The van der Waals surface area contributed by atoms with Gasteiger partial charge in [-0.05, 0) is 56.7 Å². The number of aryl methyl sites for hydroxylation is 3. The Hall–Kier alpha value is -3.15. The number of nitrogens with zero attached hydrogens (tertiary/aromatic N) is 3. The van der Waals surface area contributed by atoms with Gasteiger partial charge in [0.15, 0.2) is 5.76 Å². The highest BCUT2D eigenvalue weighted by molar-refractivity contribution is 6.01. The van der Waals surface area contributed by atoms with Gasteiger partial charge in [-0.3, -0.25) is 4.79 Å². The van der Waals surface area contributed by atoms with E-state index in [0.29, 0.717) is 12.4 Å². The molecule has 1 amide bonds. The molecule has 1 aliphatic carbocycles. The molecule has 1 saturated carbocycles. The number of anilines is 2. The molecule has 6 nitrogen and oxygen atoms in total. The molecule has 2 aromatic heterocycles. The standard InChI is InChI=1S/C24H26N4O2/c1-16-13-21-20(9-6-12-28(21)15-19-14-17(2)27-30-19)25-22(16)26-23(29)24(10-11-24)18-7-4-3-5-8-18/h3-5,7-8,13-14H,6,9-12,15H2,1-2H3,(H,25,26,29). The number of benzene rings is 1. The molecule has 1 fully saturated rings. The Morgan fingerprint density at radius 3 is 2.70 bits per heavy atom. The number of amides is 1. The maximum atomic E-state index is 13.1. The number of nitrogens with one attached hydrogen (secondary N) is 1. The maximum Gasteiger partial charge on any atom is 0.236 e. The molecular formula is C24H26N4O2. The van der Waals surface area contributed by atoms with E-state index in [1.54, 1.807) is 0 Å². The lowest BCUT2D eigenvalue weighted by Crippen LogP contribution is -2.31. The lowest BCUT2D eigenvalue weighted by atomic mass is 9.95. The van der Waals surface area contributed by atoms with Crippen LogP contribution < -0.4 is 10.2 Å². The Morgan fingerprint density at radius 2 is 2.00 bits per heavy atom. The van der Waals surface area contributed by atoms with Crippen molar-refractivity contribution in [1.82, 2.24) is 10.1 Å². The fraction of sp³-hybridized carbons (Fsp3) is 0.375. The summed E-state index contributed by atoms with van der Waals surface area (Å²) in [4.78, 5) is 20.3. The van der Waals surface area contributed by atoms with Gasteiger partial charge in [-0.1, -0.05) is 35.5 Å². The summed E-state index contributed by atoms with van der Waals surface area (Å²) in [5.41, 5.74) is 4.71. The lowest BCUT2D eigenvalue weighted by molar-refractivity contribution is -0.118. The molecule has 3 aromatic rings. The third-order valence-electron chi connectivity index (χ3n) is 6.22. The summed E-state index contributed by atoms with van der Waals surface area (Å²) in [5.74, 6) is 1.58. The molecule has 1 aliphatic heterocycles. The summed E-state index contributed by atoms with van der Waals surface area (Å²) in [6.45, 7) is 5.57. The van der Waals surface area contributed by atoms with Gasteiger partial charge in [0, 0.05) is 12.6 Å². The van der Waals surface area contributed by atoms with Crippen LogP contribution in [0.4, 0.5) is 11.5 Å². The minimum Gasteiger partial charge on any atom is -0.362 e. The van der Waals surface area contributed by atoms with E-state index in [1.165, 1.54) is 0 Å². The molecule has 0 bridgehead atoms. The van der Waals surface area contributed by atoms with Gasteiger partial charge >= 0.3 is 0 Å². The van der Waals surface area contributed by atoms with Crippen LogP contribution in [0.3, 0.4) is 0 Å². The molecule has 0 spiro atoms. The minimum absolute atomic E-state index is 0.0500. The average Bonchev–Trinajstić information content (AvgIpc) is 3.47. The van der Waals surface area contributed by atoms with Crippen LogP contribution in [0, 0.1) is 13.8 Å². The van der Waals surface area contributed by atoms with Crippen LogP contribution in [0.15, 0.2) is 47.0 Å². The van der Waals surface area contributed by atoms with E-state index in [0.717, 1.165) is 66.2 Å². The Balaban J connectivity index is 1.38. The van der Waals surface area contributed by atoms with Crippen LogP contribution in [0.5, 0.6) is 0 Å². The number of aromatic nitrogens is 2. The van der Waals surface area contributed by atoms with Crippen LogP contribution in [-0.4, -0.2) is 22.6 Å². The molecule has 0 saturated heterocycles. The fourth-order valence-electron chi connectivity index (χ4n) is 4.38. The molecule has 0 radical (unpaired) electrons. The highest BCUT2D eigenvalue weighted by Crippen LogP contribution is 2.49. The normalized spacial score (nSPS) is 16.8. The summed E-state index contributed by atoms with van der Waals surface area (Å²) in [5, 5.41) is 7.12. The second-order valence-electron chi connectivity index (χ2n) is 8.48. The number of pyridine rings is 1. The van der Waals surface area contributed by atoms with Gasteiger partial charge in [-0.25, -0.2) is 4.98 Å². The monoisotopic (exact) mass is 402 g/mol. The third-order valence-corrected chi connectivity index (χ3v) is 6.22. The van der Waals surface area contributed by atoms with Crippen LogP contribution >= 0.6 is 0 Å². The molecule has 154 valence electrons. The second-order valence-corrected chi connectivity index (χ2v) is 8.48. The van der Waals surface area contributed by atoms with Gasteiger partial charge in [0.1, 0.15) is 5.82 Å². The van der Waals surface area contributed by atoms with E-state index in [1.807, 2.05) is 50.2 Å². The molecule has 5 rings (SSSR count). The Kier molecular flexibility index (Phi) is 4.57. The molecule has 30 heavy (non-hydrogen) atoms. The van der Waals surface area contributed by atoms with Gasteiger partial charge in [0.25, 0.3) is 0 Å². The Labute approximate surface area is 176 Å². The Morgan fingerprint density at radius 1 is 1.20 bits per heavy atom. The van der Waals surface area contributed by atoms with Crippen molar-refractivity contribution >= 4 is 17.4 Å². The summed E-state index contributed by atoms with van der Waals surface area (Å²) < 4.78 is 5.41. The number of fused-ring (bicyclic) bond motifs is 1. The quantitative estimate of drug-likeness (QED) is 0.689. The summed E-state index contributed by atoms with van der Waals surface area (Å²) in [6.07, 6.45) is 3.71. The lowest BCUT2D eigenvalue weighted by Gasteiger charge is -2.30. The predicted molar refractivity (Wildman–Crippen MR) is 116 cm³/mol. The van der Waals surface area contributed by atoms with E-state index < -0.39 is 5.41 Å². The zero-order valence-corrected chi connectivity index (χ0v) is 17.4. The molecule has 2 aliphatic rings. The highest BCUT2D eigenvalue weighted by Gasteiger charge is 2.51. The topological polar surface area (TPSA) is 71.3 Å². The fourth-order valence-corrected chi connectivity index (χ4v) is 4.38. The molecule has 1 N–H and O–H groups in total. The van der Waals surface area contributed by atoms with E-state index in [2.05, 4.69) is 21.4 Å². The number of carbonyl (C=O) groups excluding carboxylic acids is 1. The first kappa shape index (κ1) is 18.9. The molecule has 3 heterocycles.